The third kappa shape index (κ3) is 5.97. The number of nitrogens with two attached hydrogens (primary N) is 1. The summed E-state index contributed by atoms with van der Waals surface area (Å²) in [6.07, 6.45) is 5.21. The lowest BCUT2D eigenvalue weighted by Gasteiger charge is -2.36. The number of nitrogen functional groups attached to an aromatic ring is 1. The minimum absolute atomic E-state index is 0.133. The molecule has 2 heterocycles. The second-order valence-corrected chi connectivity index (χ2v) is 11.5. The van der Waals surface area contributed by atoms with Crippen LogP contribution in [0.15, 0.2) is 40.1 Å². The number of nitrogens with zero attached hydrogens (tertiary/aromatic N) is 4. The van der Waals surface area contributed by atoms with Crippen molar-refractivity contribution in [1.29, 1.82) is 0 Å². The van der Waals surface area contributed by atoms with E-state index in [0.717, 1.165) is 27.9 Å². The molecule has 0 amide bonds. The molecule has 0 radical (unpaired) electrons. The molecule has 3 N–H and O–H groups in total. The monoisotopic (exact) mass is 584 g/mol. The molecule has 0 spiro atoms. The molecule has 1 aliphatic carbocycles. The van der Waals surface area contributed by atoms with Crippen LogP contribution in [0.5, 0.6) is 5.75 Å². The lowest BCUT2D eigenvalue weighted by atomic mass is 9.81. The Morgan fingerprint density at radius 1 is 1.34 bits per heavy atom. The van der Waals surface area contributed by atoms with Crippen molar-refractivity contribution in [2.24, 2.45) is 5.92 Å². The number of benzene rings is 1. The highest BCUT2D eigenvalue weighted by molar-refractivity contribution is 9.10. The number of methoxy groups -OCH3 is 1. The van der Waals surface area contributed by atoms with Crippen molar-refractivity contribution in [2.75, 3.05) is 25.7 Å². The fraction of sp³-hybridized carbons (Fsp3) is 0.429. The number of nitrogens with one attached hydrogen (secondary N) is 1. The standard InChI is InChI=1S/C21H26BrN6O5PS/c1-12(20(29)31-2)27-34(30,33-16-6-4-14(22)5-7-16)32-10-13-8-15(9-13)28-11-24-17-18(28)25-21(23)26-19(17)35-3/h4-7,11-13,15H,8-10H2,1-3H3,(H,27,30)(H2,23,25,26)/t12-,13?,15?,34?/m0/s1. The Balaban J connectivity index is 1.42. The van der Waals surface area contributed by atoms with Crippen LogP contribution in [0.2, 0.25) is 0 Å². The highest BCUT2D eigenvalue weighted by atomic mass is 79.9. The maximum absolute atomic E-state index is 13.5. The number of imidazole rings is 1. The van der Waals surface area contributed by atoms with Gasteiger partial charge >= 0.3 is 13.7 Å². The molecule has 1 saturated carbocycles. The number of aromatic nitrogens is 4. The average molecular weight is 585 g/mol. The van der Waals surface area contributed by atoms with Gasteiger partial charge in [-0.3, -0.25) is 9.32 Å². The summed E-state index contributed by atoms with van der Waals surface area (Å²) in [4.78, 5) is 25.0. The Hall–Kier alpha value is -2.18. The van der Waals surface area contributed by atoms with Crippen molar-refractivity contribution >= 4 is 58.5 Å². The molecule has 0 aliphatic heterocycles. The van der Waals surface area contributed by atoms with E-state index in [4.69, 9.17) is 19.5 Å². The Morgan fingerprint density at radius 2 is 2.06 bits per heavy atom. The Kier molecular flexibility index (Phi) is 8.02. The number of halogens is 1. The van der Waals surface area contributed by atoms with Crippen molar-refractivity contribution in [3.8, 4) is 5.75 Å². The minimum Gasteiger partial charge on any atom is -0.468 e. The molecule has 3 aromatic rings. The highest BCUT2D eigenvalue weighted by Crippen LogP contribution is 2.48. The number of anilines is 1. The van der Waals surface area contributed by atoms with E-state index < -0.39 is 19.8 Å². The number of hydrogen-bond donors (Lipinski definition) is 2. The van der Waals surface area contributed by atoms with Crippen LogP contribution in [-0.2, 0) is 18.6 Å². The summed E-state index contributed by atoms with van der Waals surface area (Å²) in [5.41, 5.74) is 7.29. The van der Waals surface area contributed by atoms with E-state index >= 15 is 0 Å². The molecule has 1 unspecified atom stereocenters. The fourth-order valence-electron chi connectivity index (χ4n) is 3.77. The van der Waals surface area contributed by atoms with Crippen molar-refractivity contribution in [2.45, 2.75) is 36.9 Å². The molecule has 35 heavy (non-hydrogen) atoms. The van der Waals surface area contributed by atoms with Gasteiger partial charge in [0.15, 0.2) is 5.65 Å². The largest absolute Gasteiger partial charge is 0.468 e. The van der Waals surface area contributed by atoms with Crippen molar-refractivity contribution in [3.05, 3.63) is 35.1 Å². The fourth-order valence-corrected chi connectivity index (χ4v) is 6.13. The second-order valence-electron chi connectivity index (χ2n) is 8.12. The Morgan fingerprint density at radius 3 is 2.71 bits per heavy atom. The first kappa shape index (κ1) is 25.9. The van der Waals surface area contributed by atoms with Crippen LogP contribution in [0.3, 0.4) is 0 Å². The van der Waals surface area contributed by atoms with Crippen LogP contribution < -0.4 is 15.3 Å². The molecule has 4 rings (SSSR count). The molecule has 0 saturated heterocycles. The first-order chi connectivity index (χ1) is 16.7. The van der Waals surface area contributed by atoms with E-state index in [1.807, 2.05) is 10.8 Å². The number of ether oxygens (including phenoxy) is 1. The molecule has 11 nitrogen and oxygen atoms in total. The van der Waals surface area contributed by atoms with Gasteiger partial charge in [-0.15, -0.1) is 11.8 Å². The van der Waals surface area contributed by atoms with Crippen molar-refractivity contribution in [3.63, 3.8) is 0 Å². The third-order valence-corrected chi connectivity index (χ3v) is 8.47. The van der Waals surface area contributed by atoms with Gasteiger partial charge in [0, 0.05) is 10.5 Å². The lowest BCUT2D eigenvalue weighted by Crippen LogP contribution is -2.36. The molecule has 1 aliphatic rings. The van der Waals surface area contributed by atoms with E-state index in [1.54, 1.807) is 30.6 Å². The number of carbonyl (C=O) groups is 1. The van der Waals surface area contributed by atoms with E-state index in [0.29, 0.717) is 11.4 Å². The van der Waals surface area contributed by atoms with Gasteiger partial charge in [-0.2, -0.15) is 10.1 Å². The smallest absolute Gasteiger partial charge is 0.459 e. The van der Waals surface area contributed by atoms with Gasteiger partial charge in [-0.25, -0.2) is 14.5 Å². The second kappa shape index (κ2) is 10.8. The predicted molar refractivity (Wildman–Crippen MR) is 136 cm³/mol. The van der Waals surface area contributed by atoms with Crippen LogP contribution >= 0.6 is 35.4 Å². The molecule has 188 valence electrons. The number of esters is 1. The van der Waals surface area contributed by atoms with E-state index in [1.165, 1.54) is 25.8 Å². The van der Waals surface area contributed by atoms with E-state index in [-0.39, 0.29) is 24.5 Å². The maximum Gasteiger partial charge on any atom is 0.459 e. The molecule has 0 bridgehead atoms. The molecule has 14 heteroatoms. The summed E-state index contributed by atoms with van der Waals surface area (Å²) in [6.45, 7) is 1.72. The molecule has 2 atom stereocenters. The van der Waals surface area contributed by atoms with Crippen molar-refractivity contribution < 1.29 is 23.1 Å². The summed E-state index contributed by atoms with van der Waals surface area (Å²) in [5, 5.41) is 3.41. The van der Waals surface area contributed by atoms with Gasteiger partial charge in [0.25, 0.3) is 0 Å². The zero-order valence-electron chi connectivity index (χ0n) is 19.4. The quantitative estimate of drug-likeness (QED) is 0.153. The number of carbonyl (C=O) groups excluding carboxylic acids is 1. The lowest BCUT2D eigenvalue weighted by molar-refractivity contribution is -0.142. The molecule has 1 aromatic carbocycles. The molecular formula is C21H26BrN6O5PS. The van der Waals surface area contributed by atoms with Crippen LogP contribution in [0, 0.1) is 5.92 Å². The third-order valence-electron chi connectivity index (χ3n) is 5.63. The number of rotatable bonds is 10. The van der Waals surface area contributed by atoms with Gasteiger partial charge in [0.2, 0.25) is 5.95 Å². The number of thioether (sulfide) groups is 1. The van der Waals surface area contributed by atoms with E-state index in [9.17, 15) is 9.36 Å². The van der Waals surface area contributed by atoms with Crippen molar-refractivity contribution in [1.82, 2.24) is 24.6 Å². The van der Waals surface area contributed by atoms with Crippen LogP contribution in [0.4, 0.5) is 5.95 Å². The van der Waals surface area contributed by atoms with Gasteiger partial charge in [-0.05, 0) is 56.2 Å². The summed E-state index contributed by atoms with van der Waals surface area (Å²) in [5.74, 6) is 0.113. The van der Waals surface area contributed by atoms with Crippen LogP contribution in [-0.4, -0.2) is 51.5 Å². The first-order valence-corrected chi connectivity index (χ1v) is 14.4. The minimum atomic E-state index is -3.87. The molecular weight excluding hydrogens is 559 g/mol. The Bertz CT molecular complexity index is 1250. The predicted octanol–water partition coefficient (Wildman–Crippen LogP) is 4.20. The van der Waals surface area contributed by atoms with Gasteiger partial charge in [0.05, 0.1) is 20.0 Å². The van der Waals surface area contributed by atoms with Crippen LogP contribution in [0.1, 0.15) is 25.8 Å². The van der Waals surface area contributed by atoms with Gasteiger partial charge in [-0.1, -0.05) is 15.9 Å². The summed E-state index contributed by atoms with van der Waals surface area (Å²) < 4.78 is 32.5. The first-order valence-electron chi connectivity index (χ1n) is 10.8. The average Bonchev–Trinajstić information content (AvgIpc) is 3.21. The Labute approximate surface area is 215 Å². The molecule has 2 aromatic heterocycles. The normalized spacial score (nSPS) is 20.1. The summed E-state index contributed by atoms with van der Waals surface area (Å²) in [7, 11) is -2.61. The zero-order chi connectivity index (χ0) is 25.2. The van der Waals surface area contributed by atoms with Gasteiger partial charge < -0.3 is 19.6 Å². The zero-order valence-corrected chi connectivity index (χ0v) is 22.7. The molecule has 1 fully saturated rings. The summed E-state index contributed by atoms with van der Waals surface area (Å²) in [6, 6.07) is 6.10. The maximum atomic E-state index is 13.5. The highest BCUT2D eigenvalue weighted by Gasteiger charge is 2.37. The number of fused-ring (bicyclic) bond motifs is 1. The SMILES string of the molecule is COC(=O)[C@H](C)NP(=O)(OCC1CC(n2cnc3c(SC)nc(N)nc32)C1)Oc1ccc(Br)cc1. The summed E-state index contributed by atoms with van der Waals surface area (Å²) >= 11 is 4.82. The topological polar surface area (TPSA) is 143 Å². The van der Waals surface area contributed by atoms with Gasteiger partial charge in [0.1, 0.15) is 22.3 Å². The van der Waals surface area contributed by atoms with Crippen LogP contribution in [0.25, 0.3) is 11.2 Å². The number of hydrogen-bond acceptors (Lipinski definition) is 10. The van der Waals surface area contributed by atoms with E-state index in [2.05, 4.69) is 36.0 Å².